The van der Waals surface area contributed by atoms with Gasteiger partial charge >= 0.3 is 7.25 Å². The second kappa shape index (κ2) is 10.3. The van der Waals surface area contributed by atoms with E-state index in [-0.39, 0.29) is 35.3 Å². The first kappa shape index (κ1) is 24.5. The van der Waals surface area contributed by atoms with Crippen LogP contribution in [0.2, 0.25) is 0 Å². The van der Waals surface area contributed by atoms with Gasteiger partial charge in [0.15, 0.2) is 0 Å². The predicted octanol–water partition coefficient (Wildman–Crippen LogP) is 6.34. The molecule has 0 unspecified atom stereocenters. The van der Waals surface area contributed by atoms with E-state index >= 15 is 0 Å². The summed E-state index contributed by atoms with van der Waals surface area (Å²) in [6, 6.07) is 9.55. The van der Waals surface area contributed by atoms with Crippen molar-refractivity contribution >= 4 is 33.7 Å². The van der Waals surface area contributed by atoms with Gasteiger partial charge in [-0.15, -0.1) is 0 Å². The molecule has 0 aliphatic carbocycles. The number of hydrogen-bond acceptors (Lipinski definition) is 0. The first-order valence-corrected chi connectivity index (χ1v) is 12.1. The van der Waals surface area contributed by atoms with Gasteiger partial charge in [0, 0.05) is 19.5 Å². The molecule has 2 saturated heterocycles. The summed E-state index contributed by atoms with van der Waals surface area (Å²) in [5, 5.41) is 3.57. The zero-order valence-electron chi connectivity index (χ0n) is 15.8. The van der Waals surface area contributed by atoms with Crippen LogP contribution in [0.1, 0.15) is 53.4 Å². The third kappa shape index (κ3) is 6.53. The SMILES string of the molecule is C[C@@H]1CC[C@@H](C)P1c1ccccc1P1[C@H](C)CC[C@H]1C.F[B-](F)(F)F.[Rh]. The van der Waals surface area contributed by atoms with Crippen LogP contribution < -0.4 is 10.6 Å². The average Bonchev–Trinajstić information content (AvgIpc) is 3.00. The number of rotatable bonds is 2. The van der Waals surface area contributed by atoms with Crippen LogP contribution in [0, 0.1) is 0 Å². The maximum atomic E-state index is 9.75. The van der Waals surface area contributed by atoms with Gasteiger partial charge in [-0.2, -0.15) is 0 Å². The van der Waals surface area contributed by atoms with Crippen LogP contribution in [0.3, 0.4) is 0 Å². The molecular formula is C18H28BF4P2Rh-. The number of benzene rings is 1. The van der Waals surface area contributed by atoms with Gasteiger partial charge in [0.1, 0.15) is 0 Å². The van der Waals surface area contributed by atoms with Gasteiger partial charge in [0.2, 0.25) is 0 Å². The molecule has 0 saturated carbocycles. The summed E-state index contributed by atoms with van der Waals surface area (Å²) >= 11 is 0. The maximum Gasteiger partial charge on any atom is 0.673 e. The van der Waals surface area contributed by atoms with Gasteiger partial charge in [-0.3, -0.25) is 0 Å². The number of hydrogen-bond donors (Lipinski definition) is 0. The minimum absolute atomic E-state index is 0. The molecule has 2 fully saturated rings. The minimum atomic E-state index is -6.00. The van der Waals surface area contributed by atoms with Crippen molar-refractivity contribution in [1.82, 2.24) is 0 Å². The third-order valence-electron chi connectivity index (χ3n) is 5.34. The zero-order valence-corrected chi connectivity index (χ0v) is 19.2. The monoisotopic (exact) mass is 496 g/mol. The van der Waals surface area contributed by atoms with Gasteiger partial charge in [-0.1, -0.05) is 67.8 Å². The fourth-order valence-corrected chi connectivity index (χ4v) is 11.5. The van der Waals surface area contributed by atoms with Gasteiger partial charge in [-0.25, -0.2) is 0 Å². The molecule has 1 aromatic rings. The molecule has 1 radical (unpaired) electrons. The molecule has 26 heavy (non-hydrogen) atoms. The summed E-state index contributed by atoms with van der Waals surface area (Å²) in [4.78, 5) is 0. The predicted molar refractivity (Wildman–Crippen MR) is 106 cm³/mol. The molecule has 4 atom stereocenters. The van der Waals surface area contributed by atoms with Gasteiger partial charge < -0.3 is 17.3 Å². The van der Waals surface area contributed by atoms with Crippen LogP contribution in [0.4, 0.5) is 17.3 Å². The van der Waals surface area contributed by atoms with Crippen LogP contribution >= 0.6 is 15.8 Å². The molecule has 0 amide bonds. The van der Waals surface area contributed by atoms with Crippen molar-refractivity contribution in [2.45, 2.75) is 76.0 Å². The molecule has 3 rings (SSSR count). The zero-order chi connectivity index (χ0) is 18.8. The Hall–Kier alpha value is 0.488. The molecule has 8 heteroatoms. The van der Waals surface area contributed by atoms with E-state index in [1.165, 1.54) is 25.7 Å². The van der Waals surface area contributed by atoms with Crippen LogP contribution in [0.5, 0.6) is 0 Å². The van der Waals surface area contributed by atoms with Crippen LogP contribution in [-0.4, -0.2) is 29.9 Å². The Morgan fingerprint density at radius 1 is 0.692 bits per heavy atom. The molecule has 0 bridgehead atoms. The first-order chi connectivity index (χ1) is 11.6. The summed E-state index contributed by atoms with van der Waals surface area (Å²) in [5.74, 6) is 0. The first-order valence-electron chi connectivity index (χ1n) is 9.12. The topological polar surface area (TPSA) is 0 Å². The maximum absolute atomic E-state index is 9.75. The summed E-state index contributed by atoms with van der Waals surface area (Å²) in [6.45, 7) is 10.0. The Morgan fingerprint density at radius 2 is 0.923 bits per heavy atom. The molecule has 0 nitrogen and oxygen atoms in total. The molecular weight excluding hydrogens is 468 g/mol. The Bertz CT molecular complexity index is 503. The van der Waals surface area contributed by atoms with E-state index in [1.54, 1.807) is 10.6 Å². The van der Waals surface area contributed by atoms with Gasteiger partial charge in [-0.05, 0) is 58.9 Å². The summed E-state index contributed by atoms with van der Waals surface area (Å²) in [6.07, 6.45) is 5.79. The third-order valence-corrected chi connectivity index (χ3v) is 12.2. The summed E-state index contributed by atoms with van der Waals surface area (Å²) < 4.78 is 39.0. The van der Waals surface area contributed by atoms with Gasteiger partial charge in [0.25, 0.3) is 0 Å². The fraction of sp³-hybridized carbons (Fsp3) is 0.667. The molecule has 1 aromatic carbocycles. The minimum Gasteiger partial charge on any atom is -0.418 e. The molecule has 0 spiro atoms. The largest absolute Gasteiger partial charge is 0.673 e. The van der Waals surface area contributed by atoms with Crippen LogP contribution in [0.15, 0.2) is 24.3 Å². The van der Waals surface area contributed by atoms with Gasteiger partial charge in [0.05, 0.1) is 0 Å². The van der Waals surface area contributed by atoms with E-state index in [1.807, 2.05) is 0 Å². The summed E-state index contributed by atoms with van der Waals surface area (Å²) in [5.41, 5.74) is 3.74. The Morgan fingerprint density at radius 3 is 1.15 bits per heavy atom. The van der Waals surface area contributed by atoms with Crippen molar-refractivity contribution < 1.29 is 36.7 Å². The molecule has 0 aromatic heterocycles. The number of halogens is 4. The Balaban J connectivity index is 0.000000501. The van der Waals surface area contributed by atoms with Crippen LogP contribution in [-0.2, 0) is 19.5 Å². The quantitative estimate of drug-likeness (QED) is 0.255. The van der Waals surface area contributed by atoms with Crippen molar-refractivity contribution in [3.8, 4) is 0 Å². The van der Waals surface area contributed by atoms with Crippen molar-refractivity contribution in [1.29, 1.82) is 0 Å². The standard InChI is InChI=1S/C18H28P2.BF4.Rh/c1-13-9-10-14(2)19(13)17-7-5-6-8-18(17)20-15(3)11-12-16(20)4;2-1(3,4)5;/h5-8,13-16H,9-12H2,1-4H3;;/q;-1;/t13-,14-,15-,16-;;/m1../s1. The molecule has 151 valence electrons. The van der Waals surface area contributed by atoms with E-state index in [0.29, 0.717) is 0 Å². The van der Waals surface area contributed by atoms with E-state index in [9.17, 15) is 17.3 Å². The van der Waals surface area contributed by atoms with E-state index < -0.39 is 7.25 Å². The smallest absolute Gasteiger partial charge is 0.418 e. The second-order valence-corrected chi connectivity index (χ2v) is 13.5. The van der Waals surface area contributed by atoms with E-state index in [0.717, 1.165) is 22.6 Å². The van der Waals surface area contributed by atoms with Crippen molar-refractivity contribution in [2.75, 3.05) is 0 Å². The van der Waals surface area contributed by atoms with E-state index in [4.69, 9.17) is 0 Å². The van der Waals surface area contributed by atoms with Crippen molar-refractivity contribution in [3.05, 3.63) is 24.3 Å². The summed E-state index contributed by atoms with van der Waals surface area (Å²) in [7, 11) is -5.84. The second-order valence-electron chi connectivity index (χ2n) is 7.35. The Kier molecular flexibility index (Phi) is 9.73. The normalized spacial score (nSPS) is 29.8. The molecule has 2 aliphatic rings. The average molecular weight is 496 g/mol. The molecule has 0 N–H and O–H groups in total. The van der Waals surface area contributed by atoms with E-state index in [2.05, 4.69) is 52.0 Å². The fourth-order valence-electron chi connectivity index (χ4n) is 4.24. The molecule has 2 aliphatic heterocycles. The Labute approximate surface area is 170 Å². The van der Waals surface area contributed by atoms with Crippen molar-refractivity contribution in [2.24, 2.45) is 0 Å². The molecule has 2 heterocycles. The van der Waals surface area contributed by atoms with Crippen LogP contribution in [0.25, 0.3) is 0 Å². The van der Waals surface area contributed by atoms with Crippen molar-refractivity contribution in [3.63, 3.8) is 0 Å².